The van der Waals surface area contributed by atoms with E-state index in [9.17, 15) is 19.2 Å². The van der Waals surface area contributed by atoms with Crippen LogP contribution < -0.4 is 10.6 Å². The quantitative estimate of drug-likeness (QED) is 0.608. The highest BCUT2D eigenvalue weighted by molar-refractivity contribution is 5.99. The summed E-state index contributed by atoms with van der Waals surface area (Å²) in [6.07, 6.45) is -1.26. The van der Waals surface area contributed by atoms with E-state index in [4.69, 9.17) is 4.74 Å². The van der Waals surface area contributed by atoms with Crippen molar-refractivity contribution in [3.8, 4) is 0 Å². The third-order valence-electron chi connectivity index (χ3n) is 3.39. The highest BCUT2D eigenvalue weighted by Gasteiger charge is 2.20. The van der Waals surface area contributed by atoms with Crippen LogP contribution in [0.5, 0.6) is 0 Å². The molecule has 0 fully saturated rings. The normalized spacial score (nSPS) is 11.3. The molecule has 7 nitrogen and oxygen atoms in total. The second kappa shape index (κ2) is 8.81. The number of hydrogen-bond acceptors (Lipinski definition) is 5. The first-order chi connectivity index (χ1) is 11.2. The highest BCUT2D eigenvalue weighted by atomic mass is 16.5. The average Bonchev–Trinajstić information content (AvgIpc) is 2.54. The van der Waals surface area contributed by atoms with E-state index in [0.29, 0.717) is 5.56 Å². The van der Waals surface area contributed by atoms with Crippen LogP contribution in [-0.4, -0.2) is 36.8 Å². The van der Waals surface area contributed by atoms with Crippen LogP contribution in [0.15, 0.2) is 18.2 Å². The Balaban J connectivity index is 2.51. The van der Waals surface area contributed by atoms with Crippen molar-refractivity contribution in [3.05, 3.63) is 34.9 Å². The summed E-state index contributed by atoms with van der Waals surface area (Å²) < 4.78 is 4.91. The molecule has 0 aliphatic carbocycles. The predicted octanol–water partition coefficient (Wildman–Crippen LogP) is 1.65. The number of amides is 3. The van der Waals surface area contributed by atoms with Crippen LogP contribution in [0.4, 0.5) is 4.79 Å². The predicted molar refractivity (Wildman–Crippen MR) is 87.6 cm³/mol. The largest absolute Gasteiger partial charge is 0.453 e. The zero-order chi connectivity index (χ0) is 18.3. The van der Waals surface area contributed by atoms with E-state index in [1.54, 1.807) is 6.07 Å². The van der Waals surface area contributed by atoms with Crippen LogP contribution in [0.1, 0.15) is 41.3 Å². The number of carbonyl (C=O) groups excluding carboxylic acids is 4. The van der Waals surface area contributed by atoms with Gasteiger partial charge in [-0.05, 0) is 32.4 Å². The summed E-state index contributed by atoms with van der Waals surface area (Å²) in [5.74, 6) is -1.56. The van der Waals surface area contributed by atoms with Crippen LogP contribution in [-0.2, 0) is 14.3 Å². The molecule has 1 rings (SSSR count). The lowest BCUT2D eigenvalue weighted by molar-refractivity contribution is -0.154. The number of nitrogens with one attached hydrogen (secondary N) is 2. The summed E-state index contributed by atoms with van der Waals surface area (Å²) >= 11 is 0. The summed E-state index contributed by atoms with van der Waals surface area (Å²) in [7, 11) is 1.36. The number of aryl methyl sites for hydroxylation is 2. The molecule has 3 amide bonds. The van der Waals surface area contributed by atoms with Crippen molar-refractivity contribution in [3.63, 3.8) is 0 Å². The molecule has 0 aliphatic rings. The molecule has 0 saturated carbocycles. The molecule has 0 unspecified atom stereocenters. The number of ether oxygens (including phenoxy) is 1. The Morgan fingerprint density at radius 1 is 1.12 bits per heavy atom. The molecule has 0 radical (unpaired) electrons. The minimum Gasteiger partial charge on any atom is -0.453 e. The fraction of sp³-hybridized carbons (Fsp3) is 0.412. The van der Waals surface area contributed by atoms with Crippen LogP contribution in [0.3, 0.4) is 0 Å². The third kappa shape index (κ3) is 5.83. The highest BCUT2D eigenvalue weighted by Crippen LogP contribution is 2.14. The Morgan fingerprint density at radius 3 is 2.42 bits per heavy atom. The van der Waals surface area contributed by atoms with Crippen LogP contribution in [0, 0.1) is 13.8 Å². The van der Waals surface area contributed by atoms with Gasteiger partial charge in [0.2, 0.25) is 0 Å². The SMILES string of the molecule is CNC(=O)NC(=O)[C@@H](C)OC(=O)CCC(=O)c1cc(C)ccc1C. The number of carbonyl (C=O) groups is 4. The maximum absolute atomic E-state index is 12.2. The number of rotatable bonds is 6. The van der Waals surface area contributed by atoms with Gasteiger partial charge in [-0.3, -0.25) is 19.7 Å². The molecule has 1 aromatic carbocycles. The molecule has 1 atom stereocenters. The van der Waals surface area contributed by atoms with Crippen molar-refractivity contribution in [2.24, 2.45) is 0 Å². The van der Waals surface area contributed by atoms with Crippen LogP contribution >= 0.6 is 0 Å². The van der Waals surface area contributed by atoms with Crippen molar-refractivity contribution in [2.75, 3.05) is 7.05 Å². The Kier molecular flexibility index (Phi) is 7.10. The first-order valence-corrected chi connectivity index (χ1v) is 7.57. The third-order valence-corrected chi connectivity index (χ3v) is 3.39. The monoisotopic (exact) mass is 334 g/mol. The number of hydrogen-bond donors (Lipinski definition) is 2. The zero-order valence-corrected chi connectivity index (χ0v) is 14.3. The maximum atomic E-state index is 12.2. The van der Waals surface area contributed by atoms with E-state index in [0.717, 1.165) is 11.1 Å². The van der Waals surface area contributed by atoms with Gasteiger partial charge in [-0.2, -0.15) is 0 Å². The Labute approximate surface area is 140 Å². The van der Waals surface area contributed by atoms with E-state index in [1.807, 2.05) is 31.3 Å². The Morgan fingerprint density at radius 2 is 1.79 bits per heavy atom. The van der Waals surface area contributed by atoms with E-state index >= 15 is 0 Å². The fourth-order valence-corrected chi connectivity index (χ4v) is 1.97. The van der Waals surface area contributed by atoms with E-state index in [2.05, 4.69) is 5.32 Å². The van der Waals surface area contributed by atoms with E-state index in [-0.39, 0.29) is 18.6 Å². The number of imide groups is 1. The zero-order valence-electron chi connectivity index (χ0n) is 14.3. The first-order valence-electron chi connectivity index (χ1n) is 7.57. The molecule has 0 bridgehead atoms. The maximum Gasteiger partial charge on any atom is 0.321 e. The molecule has 0 aromatic heterocycles. The Hall–Kier alpha value is -2.70. The number of benzene rings is 1. The fourth-order valence-electron chi connectivity index (χ4n) is 1.97. The molecule has 1 aromatic rings. The van der Waals surface area contributed by atoms with Crippen molar-refractivity contribution in [1.29, 1.82) is 0 Å². The minimum atomic E-state index is -1.12. The van der Waals surface area contributed by atoms with Gasteiger partial charge in [0.05, 0.1) is 6.42 Å². The molecule has 24 heavy (non-hydrogen) atoms. The van der Waals surface area contributed by atoms with Gasteiger partial charge in [0.15, 0.2) is 11.9 Å². The number of ketones is 1. The van der Waals surface area contributed by atoms with Gasteiger partial charge in [0, 0.05) is 19.0 Å². The first kappa shape index (κ1) is 19.3. The lowest BCUT2D eigenvalue weighted by Crippen LogP contribution is -2.43. The summed E-state index contributed by atoms with van der Waals surface area (Å²) in [6, 6.07) is 4.86. The summed E-state index contributed by atoms with van der Waals surface area (Å²) in [5.41, 5.74) is 2.39. The van der Waals surface area contributed by atoms with Crippen molar-refractivity contribution < 1.29 is 23.9 Å². The molecular weight excluding hydrogens is 312 g/mol. The lowest BCUT2D eigenvalue weighted by atomic mass is 9.99. The molecular formula is C17H22N2O5. The van der Waals surface area contributed by atoms with Gasteiger partial charge in [-0.1, -0.05) is 17.7 Å². The molecule has 2 N–H and O–H groups in total. The molecule has 0 aliphatic heterocycles. The van der Waals surface area contributed by atoms with Crippen LogP contribution in [0.25, 0.3) is 0 Å². The summed E-state index contributed by atoms with van der Waals surface area (Å²) in [5, 5.41) is 4.22. The average molecular weight is 334 g/mol. The Bertz CT molecular complexity index is 654. The van der Waals surface area contributed by atoms with Gasteiger partial charge in [0.1, 0.15) is 0 Å². The van der Waals surface area contributed by atoms with Gasteiger partial charge in [-0.25, -0.2) is 4.79 Å². The second-order valence-electron chi connectivity index (χ2n) is 5.44. The minimum absolute atomic E-state index is 0.00703. The van der Waals surface area contributed by atoms with E-state index < -0.39 is 24.0 Å². The van der Waals surface area contributed by atoms with Gasteiger partial charge < -0.3 is 10.1 Å². The molecule has 0 spiro atoms. The van der Waals surface area contributed by atoms with Crippen molar-refractivity contribution in [1.82, 2.24) is 10.6 Å². The molecule has 130 valence electrons. The number of Topliss-reactive ketones (excluding diaryl/α,β-unsaturated/α-hetero) is 1. The van der Waals surface area contributed by atoms with Crippen LogP contribution in [0.2, 0.25) is 0 Å². The van der Waals surface area contributed by atoms with Crippen molar-refractivity contribution >= 4 is 23.7 Å². The second-order valence-corrected chi connectivity index (χ2v) is 5.44. The van der Waals surface area contributed by atoms with Gasteiger partial charge in [-0.15, -0.1) is 0 Å². The van der Waals surface area contributed by atoms with Crippen molar-refractivity contribution in [2.45, 2.75) is 39.7 Å². The lowest BCUT2D eigenvalue weighted by Gasteiger charge is -2.12. The smallest absolute Gasteiger partial charge is 0.321 e. The standard InChI is InChI=1S/C17H22N2O5/c1-10-5-6-11(2)13(9-10)14(20)7-8-15(21)24-12(3)16(22)19-17(23)18-4/h5-6,9,12H,7-8H2,1-4H3,(H2,18,19,22,23)/t12-/m1/s1. The molecule has 0 saturated heterocycles. The van der Waals surface area contributed by atoms with E-state index in [1.165, 1.54) is 14.0 Å². The molecule has 7 heteroatoms. The van der Waals surface area contributed by atoms with Gasteiger partial charge in [0.25, 0.3) is 5.91 Å². The number of urea groups is 1. The van der Waals surface area contributed by atoms with Gasteiger partial charge >= 0.3 is 12.0 Å². The molecule has 0 heterocycles. The number of esters is 1. The summed E-state index contributed by atoms with van der Waals surface area (Å²) in [4.78, 5) is 46.5. The summed E-state index contributed by atoms with van der Waals surface area (Å²) in [6.45, 7) is 5.07. The topological polar surface area (TPSA) is 102 Å².